The number of hydrogen-bond acceptors (Lipinski definition) is 2. The van der Waals surface area contributed by atoms with Crippen LogP contribution in [-0.2, 0) is 9.59 Å². The zero-order valence-corrected chi connectivity index (χ0v) is 13.4. The van der Waals surface area contributed by atoms with Gasteiger partial charge in [-0.05, 0) is 25.2 Å². The normalized spacial score (nSPS) is 23.4. The summed E-state index contributed by atoms with van der Waals surface area (Å²) in [5, 5.41) is 2.91. The third kappa shape index (κ3) is 4.50. The van der Waals surface area contributed by atoms with Gasteiger partial charge in [0.15, 0.2) is 0 Å². The molecule has 1 aliphatic rings. The SMILES string of the molecule is CCCCCN1C(=O)C(CCC)NC(=O)C1CC(C)C. The van der Waals surface area contributed by atoms with Gasteiger partial charge in [0.1, 0.15) is 12.1 Å². The van der Waals surface area contributed by atoms with Crippen LogP contribution < -0.4 is 5.32 Å². The second-order valence-corrected chi connectivity index (χ2v) is 6.23. The van der Waals surface area contributed by atoms with E-state index >= 15 is 0 Å². The summed E-state index contributed by atoms with van der Waals surface area (Å²) in [4.78, 5) is 26.7. The maximum Gasteiger partial charge on any atom is 0.245 e. The van der Waals surface area contributed by atoms with Gasteiger partial charge in [-0.25, -0.2) is 0 Å². The summed E-state index contributed by atoms with van der Waals surface area (Å²) in [6, 6.07) is -0.579. The summed E-state index contributed by atoms with van der Waals surface area (Å²) < 4.78 is 0. The van der Waals surface area contributed by atoms with Gasteiger partial charge in [-0.3, -0.25) is 9.59 Å². The molecule has 0 aromatic rings. The predicted octanol–water partition coefficient (Wildman–Crippen LogP) is 2.72. The fourth-order valence-corrected chi connectivity index (χ4v) is 2.79. The molecule has 0 bridgehead atoms. The lowest BCUT2D eigenvalue weighted by Gasteiger charge is -2.39. The van der Waals surface area contributed by atoms with E-state index in [9.17, 15) is 9.59 Å². The smallest absolute Gasteiger partial charge is 0.245 e. The molecule has 2 atom stereocenters. The van der Waals surface area contributed by atoms with E-state index in [1.54, 1.807) is 0 Å². The van der Waals surface area contributed by atoms with Crippen molar-refractivity contribution in [1.82, 2.24) is 10.2 Å². The topological polar surface area (TPSA) is 49.4 Å². The van der Waals surface area contributed by atoms with E-state index in [-0.39, 0.29) is 23.9 Å². The highest BCUT2D eigenvalue weighted by molar-refractivity contribution is 5.96. The van der Waals surface area contributed by atoms with Crippen LogP contribution in [0.25, 0.3) is 0 Å². The van der Waals surface area contributed by atoms with Crippen molar-refractivity contribution in [3.05, 3.63) is 0 Å². The molecule has 0 spiro atoms. The molecule has 116 valence electrons. The highest BCUT2D eigenvalue weighted by Crippen LogP contribution is 2.20. The van der Waals surface area contributed by atoms with Gasteiger partial charge in [-0.2, -0.15) is 0 Å². The van der Waals surface area contributed by atoms with Gasteiger partial charge in [-0.1, -0.05) is 47.0 Å². The van der Waals surface area contributed by atoms with Crippen LogP contribution in [0.3, 0.4) is 0 Å². The lowest BCUT2D eigenvalue weighted by Crippen LogP contribution is -2.63. The highest BCUT2D eigenvalue weighted by atomic mass is 16.2. The minimum Gasteiger partial charge on any atom is -0.343 e. The zero-order valence-electron chi connectivity index (χ0n) is 13.4. The first-order valence-corrected chi connectivity index (χ1v) is 8.12. The van der Waals surface area contributed by atoms with Crippen LogP contribution in [0.5, 0.6) is 0 Å². The lowest BCUT2D eigenvalue weighted by atomic mass is 9.96. The van der Waals surface area contributed by atoms with Gasteiger partial charge >= 0.3 is 0 Å². The maximum absolute atomic E-state index is 12.6. The Balaban J connectivity index is 2.79. The van der Waals surface area contributed by atoms with Crippen molar-refractivity contribution in [2.45, 2.75) is 78.3 Å². The van der Waals surface area contributed by atoms with E-state index in [0.717, 1.165) is 45.1 Å². The molecule has 0 saturated carbocycles. The number of carbonyl (C=O) groups is 2. The number of rotatable bonds is 8. The molecular formula is C16H30N2O2. The van der Waals surface area contributed by atoms with Crippen LogP contribution in [-0.4, -0.2) is 35.3 Å². The van der Waals surface area contributed by atoms with Crippen LogP contribution in [0.2, 0.25) is 0 Å². The molecule has 20 heavy (non-hydrogen) atoms. The van der Waals surface area contributed by atoms with Gasteiger partial charge in [-0.15, -0.1) is 0 Å². The fraction of sp³-hybridized carbons (Fsp3) is 0.875. The van der Waals surface area contributed by atoms with Crippen molar-refractivity contribution < 1.29 is 9.59 Å². The molecular weight excluding hydrogens is 252 g/mol. The third-order valence-electron chi connectivity index (χ3n) is 3.85. The molecule has 1 aliphatic heterocycles. The maximum atomic E-state index is 12.6. The summed E-state index contributed by atoms with van der Waals surface area (Å²) in [7, 11) is 0. The monoisotopic (exact) mass is 282 g/mol. The van der Waals surface area contributed by atoms with Gasteiger partial charge in [0.2, 0.25) is 11.8 Å². The Morgan fingerprint density at radius 2 is 1.85 bits per heavy atom. The van der Waals surface area contributed by atoms with Crippen molar-refractivity contribution >= 4 is 11.8 Å². The van der Waals surface area contributed by atoms with Gasteiger partial charge < -0.3 is 10.2 Å². The molecule has 1 saturated heterocycles. The Morgan fingerprint density at radius 1 is 1.15 bits per heavy atom. The molecule has 0 radical (unpaired) electrons. The van der Waals surface area contributed by atoms with E-state index in [1.807, 2.05) is 11.8 Å². The Bertz CT molecular complexity index is 328. The summed E-state index contributed by atoms with van der Waals surface area (Å²) in [5.74, 6) is 0.566. The number of amides is 2. The first-order chi connectivity index (χ1) is 9.51. The number of piperazine rings is 1. The van der Waals surface area contributed by atoms with Crippen molar-refractivity contribution in [2.75, 3.05) is 6.54 Å². The number of unbranched alkanes of at least 4 members (excludes halogenated alkanes) is 2. The molecule has 1 heterocycles. The van der Waals surface area contributed by atoms with Gasteiger partial charge in [0, 0.05) is 6.54 Å². The second-order valence-electron chi connectivity index (χ2n) is 6.23. The van der Waals surface area contributed by atoms with Crippen molar-refractivity contribution in [3.8, 4) is 0 Å². The Hall–Kier alpha value is -1.06. The predicted molar refractivity (Wildman–Crippen MR) is 81.3 cm³/mol. The van der Waals surface area contributed by atoms with Crippen LogP contribution >= 0.6 is 0 Å². The molecule has 1 rings (SSSR count). The fourth-order valence-electron chi connectivity index (χ4n) is 2.79. The Morgan fingerprint density at radius 3 is 2.40 bits per heavy atom. The highest BCUT2D eigenvalue weighted by Gasteiger charge is 2.39. The molecule has 1 fully saturated rings. The average molecular weight is 282 g/mol. The molecule has 4 nitrogen and oxygen atoms in total. The third-order valence-corrected chi connectivity index (χ3v) is 3.85. The lowest BCUT2D eigenvalue weighted by molar-refractivity contribution is -0.150. The first kappa shape index (κ1) is 17.0. The van der Waals surface area contributed by atoms with Crippen molar-refractivity contribution in [1.29, 1.82) is 0 Å². The average Bonchev–Trinajstić information content (AvgIpc) is 2.38. The quantitative estimate of drug-likeness (QED) is 0.696. The molecule has 2 unspecified atom stereocenters. The zero-order chi connectivity index (χ0) is 15.1. The Labute approximate surface area is 123 Å². The van der Waals surface area contributed by atoms with E-state index in [4.69, 9.17) is 0 Å². The van der Waals surface area contributed by atoms with Crippen molar-refractivity contribution in [2.24, 2.45) is 5.92 Å². The molecule has 0 aromatic carbocycles. The van der Waals surface area contributed by atoms with Gasteiger partial charge in [0.05, 0.1) is 0 Å². The van der Waals surface area contributed by atoms with Crippen LogP contribution in [0.1, 0.15) is 66.2 Å². The Kier molecular flexibility index (Phi) is 7.03. The van der Waals surface area contributed by atoms with E-state index in [2.05, 4.69) is 26.1 Å². The van der Waals surface area contributed by atoms with Gasteiger partial charge in [0.25, 0.3) is 0 Å². The summed E-state index contributed by atoms with van der Waals surface area (Å²) in [6.07, 6.45) is 5.63. The number of hydrogen-bond donors (Lipinski definition) is 1. The molecule has 0 aromatic heterocycles. The number of carbonyl (C=O) groups excluding carboxylic acids is 2. The minimum atomic E-state index is -0.308. The minimum absolute atomic E-state index is 0.0354. The van der Waals surface area contributed by atoms with E-state index in [1.165, 1.54) is 0 Å². The standard InChI is InChI=1S/C16H30N2O2/c1-5-7-8-10-18-14(11-12(3)4)15(19)17-13(9-6-2)16(18)20/h12-14H,5-11H2,1-4H3,(H,17,19). The molecule has 0 aliphatic carbocycles. The molecule has 4 heteroatoms. The van der Waals surface area contributed by atoms with E-state index in [0.29, 0.717) is 5.92 Å². The summed E-state index contributed by atoms with van der Waals surface area (Å²) >= 11 is 0. The molecule has 1 N–H and O–H groups in total. The number of nitrogens with one attached hydrogen (secondary N) is 1. The van der Waals surface area contributed by atoms with Crippen molar-refractivity contribution in [3.63, 3.8) is 0 Å². The van der Waals surface area contributed by atoms with Crippen LogP contribution in [0, 0.1) is 5.92 Å². The van der Waals surface area contributed by atoms with Crippen LogP contribution in [0.15, 0.2) is 0 Å². The molecule has 2 amide bonds. The summed E-state index contributed by atoms with van der Waals surface area (Å²) in [6.45, 7) is 9.11. The second kappa shape index (κ2) is 8.28. The number of nitrogens with zero attached hydrogens (tertiary/aromatic N) is 1. The largest absolute Gasteiger partial charge is 0.343 e. The first-order valence-electron chi connectivity index (χ1n) is 8.12. The summed E-state index contributed by atoms with van der Waals surface area (Å²) in [5.41, 5.74) is 0. The van der Waals surface area contributed by atoms with Crippen LogP contribution in [0.4, 0.5) is 0 Å². The van der Waals surface area contributed by atoms with E-state index < -0.39 is 0 Å².